The second-order valence-electron chi connectivity index (χ2n) is 11.1. The summed E-state index contributed by atoms with van der Waals surface area (Å²) in [5, 5.41) is 27.9. The van der Waals surface area contributed by atoms with E-state index in [1.807, 2.05) is 42.5 Å². The molecule has 0 radical (unpaired) electrons. The highest BCUT2D eigenvalue weighted by Gasteiger charge is 2.29. The number of rotatable bonds is 9. The molecule has 12 nitrogen and oxygen atoms in total. The maximum absolute atomic E-state index is 13.6. The number of nitrogen functional groups attached to an aromatic ring is 1. The zero-order chi connectivity index (χ0) is 29.8. The van der Waals surface area contributed by atoms with Gasteiger partial charge in [-0.15, -0.1) is 10.2 Å². The zero-order valence-electron chi connectivity index (χ0n) is 23.6. The first kappa shape index (κ1) is 28.0. The third kappa shape index (κ3) is 6.24. The smallest absolute Gasteiger partial charge is 0.247 e. The molecule has 0 aliphatic heterocycles. The Labute approximate surface area is 248 Å². The largest absolute Gasteiger partial charge is 0.382 e. The molecule has 1 aliphatic rings. The van der Waals surface area contributed by atoms with Gasteiger partial charge >= 0.3 is 0 Å². The Morgan fingerprint density at radius 3 is 2.37 bits per heavy atom. The van der Waals surface area contributed by atoms with Crippen LogP contribution >= 0.6 is 0 Å². The first-order valence-corrected chi connectivity index (χ1v) is 14.5. The fraction of sp³-hybridized carbons (Fsp3) is 0.290. The zero-order valence-corrected chi connectivity index (χ0v) is 23.6. The van der Waals surface area contributed by atoms with E-state index < -0.39 is 6.04 Å². The Bertz CT molecular complexity index is 1690. The van der Waals surface area contributed by atoms with Gasteiger partial charge in [-0.1, -0.05) is 36.4 Å². The lowest BCUT2D eigenvalue weighted by atomic mass is 9.81. The minimum atomic E-state index is -0.768. The van der Waals surface area contributed by atoms with Crippen LogP contribution in [0, 0.1) is 11.8 Å². The van der Waals surface area contributed by atoms with E-state index in [1.165, 1.54) is 0 Å². The number of anilines is 2. The van der Waals surface area contributed by atoms with Gasteiger partial charge in [0, 0.05) is 23.6 Å². The summed E-state index contributed by atoms with van der Waals surface area (Å²) in [5.41, 5.74) is 17.0. The number of carbonyl (C=O) groups excluding carboxylic acids is 2. The van der Waals surface area contributed by atoms with Crippen LogP contribution in [0.25, 0.3) is 33.4 Å². The normalized spacial score (nSPS) is 17.4. The van der Waals surface area contributed by atoms with Gasteiger partial charge in [-0.05, 0) is 90.4 Å². The van der Waals surface area contributed by atoms with Gasteiger partial charge in [0.15, 0.2) is 5.82 Å². The van der Waals surface area contributed by atoms with Gasteiger partial charge in [0.05, 0.1) is 10.9 Å². The maximum Gasteiger partial charge on any atom is 0.247 e. The molecule has 1 aliphatic carbocycles. The highest BCUT2D eigenvalue weighted by Crippen LogP contribution is 2.32. The van der Waals surface area contributed by atoms with Gasteiger partial charge in [-0.25, -0.2) is 0 Å². The van der Waals surface area contributed by atoms with Crippen LogP contribution in [0.4, 0.5) is 11.5 Å². The number of tetrazole rings is 1. The molecule has 0 bridgehead atoms. The quantitative estimate of drug-likeness (QED) is 0.153. The molecule has 3 aromatic carbocycles. The van der Waals surface area contributed by atoms with E-state index >= 15 is 0 Å². The molecule has 12 heteroatoms. The monoisotopic (exact) mass is 578 g/mol. The number of nitrogens with zero attached hydrogens (tertiary/aromatic N) is 4. The van der Waals surface area contributed by atoms with Gasteiger partial charge in [0.25, 0.3) is 0 Å². The second kappa shape index (κ2) is 12.4. The summed E-state index contributed by atoms with van der Waals surface area (Å²) in [5.74, 6) is 0.844. The fourth-order valence-corrected chi connectivity index (χ4v) is 5.77. The molecule has 5 aromatic rings. The van der Waals surface area contributed by atoms with E-state index in [4.69, 9.17) is 11.5 Å². The maximum atomic E-state index is 13.6. The molecular weight excluding hydrogens is 544 g/mol. The van der Waals surface area contributed by atoms with Crippen LogP contribution in [-0.2, 0) is 16.0 Å². The second-order valence-corrected chi connectivity index (χ2v) is 11.1. The fourth-order valence-electron chi connectivity index (χ4n) is 5.77. The summed E-state index contributed by atoms with van der Waals surface area (Å²) in [4.78, 5) is 26.9. The standard InChI is InChI=1S/C31H34N10O2/c32-17-19-6-10-22(11-7-19)30(42)35-26(31(43)34-23-14-12-21(13-15-23)29-38-40-41-39-29)16-18-4-8-20(9-5-18)24-2-1-3-25-27(24)28(33)37-36-25/h1-5,8-9,12-15,19,22,26H,6-7,10-11,16-17,32H2,(H,34,43)(H,35,42)(H3,33,36,37)(H,38,39,40,41)/t19-,22-,26-/m0/s1. The molecule has 1 atom stereocenters. The Hall–Kier alpha value is -5.10. The van der Waals surface area contributed by atoms with Crippen molar-refractivity contribution >= 4 is 34.2 Å². The average molecular weight is 579 g/mol. The van der Waals surface area contributed by atoms with E-state index in [0.29, 0.717) is 36.2 Å². The minimum Gasteiger partial charge on any atom is -0.382 e. The molecule has 220 valence electrons. The topological polar surface area (TPSA) is 193 Å². The summed E-state index contributed by atoms with van der Waals surface area (Å²) < 4.78 is 0. The van der Waals surface area contributed by atoms with Gasteiger partial charge in [-0.2, -0.15) is 10.3 Å². The van der Waals surface area contributed by atoms with Crippen molar-refractivity contribution in [2.45, 2.75) is 38.1 Å². The van der Waals surface area contributed by atoms with Crippen LogP contribution < -0.4 is 22.1 Å². The number of benzene rings is 3. The number of H-pyrrole nitrogens is 2. The number of hydrogen-bond donors (Lipinski definition) is 6. The van der Waals surface area contributed by atoms with Crippen molar-refractivity contribution in [3.8, 4) is 22.5 Å². The lowest BCUT2D eigenvalue weighted by Crippen LogP contribution is -2.48. The molecule has 2 aromatic heterocycles. The summed E-state index contributed by atoms with van der Waals surface area (Å²) >= 11 is 0. The van der Waals surface area contributed by atoms with Gasteiger partial charge in [0.1, 0.15) is 6.04 Å². The highest BCUT2D eigenvalue weighted by atomic mass is 16.2. The van der Waals surface area contributed by atoms with Gasteiger partial charge in [0.2, 0.25) is 17.6 Å². The number of nitrogens with two attached hydrogens (primary N) is 2. The van der Waals surface area contributed by atoms with Crippen LogP contribution in [0.5, 0.6) is 0 Å². The van der Waals surface area contributed by atoms with Crippen LogP contribution in [0.15, 0.2) is 66.7 Å². The third-order valence-corrected chi connectivity index (χ3v) is 8.26. The van der Waals surface area contributed by atoms with E-state index in [2.05, 4.69) is 41.5 Å². The summed E-state index contributed by atoms with van der Waals surface area (Å²) in [7, 11) is 0. The molecule has 2 heterocycles. The van der Waals surface area contributed by atoms with E-state index in [9.17, 15) is 9.59 Å². The van der Waals surface area contributed by atoms with Crippen LogP contribution in [0.3, 0.4) is 0 Å². The number of aromatic amines is 2. The molecule has 1 saturated carbocycles. The van der Waals surface area contributed by atoms with Crippen molar-refractivity contribution in [3.63, 3.8) is 0 Å². The van der Waals surface area contributed by atoms with E-state index in [0.717, 1.165) is 58.8 Å². The molecule has 0 unspecified atom stereocenters. The van der Waals surface area contributed by atoms with Crippen molar-refractivity contribution in [2.24, 2.45) is 17.6 Å². The molecule has 8 N–H and O–H groups in total. The van der Waals surface area contributed by atoms with Crippen molar-refractivity contribution in [3.05, 3.63) is 72.3 Å². The van der Waals surface area contributed by atoms with E-state index in [1.54, 1.807) is 24.3 Å². The third-order valence-electron chi connectivity index (χ3n) is 8.26. The minimum absolute atomic E-state index is 0.0955. The molecule has 1 fully saturated rings. The lowest BCUT2D eigenvalue weighted by molar-refractivity contribution is -0.130. The molecule has 6 rings (SSSR count). The van der Waals surface area contributed by atoms with Crippen LogP contribution in [0.1, 0.15) is 31.2 Å². The molecule has 0 saturated heterocycles. The van der Waals surface area contributed by atoms with Crippen molar-refractivity contribution in [2.75, 3.05) is 17.6 Å². The molecule has 43 heavy (non-hydrogen) atoms. The Morgan fingerprint density at radius 2 is 1.67 bits per heavy atom. The van der Waals surface area contributed by atoms with Crippen LogP contribution in [-0.4, -0.2) is 55.2 Å². The molecular formula is C31H34N10O2. The molecule has 0 spiro atoms. The Kier molecular flexibility index (Phi) is 8.09. The highest BCUT2D eigenvalue weighted by molar-refractivity contribution is 6.01. The number of nitrogens with one attached hydrogen (secondary N) is 4. The Balaban J connectivity index is 1.20. The predicted octanol–water partition coefficient (Wildman–Crippen LogP) is 3.42. The molecule has 2 amide bonds. The number of hydrogen-bond acceptors (Lipinski definition) is 8. The number of amides is 2. The number of aromatic nitrogens is 6. The van der Waals surface area contributed by atoms with Gasteiger partial charge in [-0.3, -0.25) is 14.7 Å². The predicted molar refractivity (Wildman–Crippen MR) is 164 cm³/mol. The average Bonchev–Trinajstić information content (AvgIpc) is 3.72. The number of carbonyl (C=O) groups is 2. The number of fused-ring (bicyclic) bond motifs is 1. The Morgan fingerprint density at radius 1 is 0.930 bits per heavy atom. The van der Waals surface area contributed by atoms with Crippen molar-refractivity contribution in [1.29, 1.82) is 0 Å². The van der Waals surface area contributed by atoms with Crippen molar-refractivity contribution in [1.82, 2.24) is 36.1 Å². The lowest BCUT2D eigenvalue weighted by Gasteiger charge is -2.28. The van der Waals surface area contributed by atoms with Crippen molar-refractivity contribution < 1.29 is 9.59 Å². The van der Waals surface area contributed by atoms with Gasteiger partial charge < -0.3 is 22.1 Å². The summed E-state index contributed by atoms with van der Waals surface area (Å²) in [6.45, 7) is 0.641. The van der Waals surface area contributed by atoms with E-state index in [-0.39, 0.29) is 17.7 Å². The summed E-state index contributed by atoms with van der Waals surface area (Å²) in [6, 6.07) is 20.2. The van der Waals surface area contributed by atoms with Crippen LogP contribution in [0.2, 0.25) is 0 Å². The first-order valence-electron chi connectivity index (χ1n) is 14.5. The first-order chi connectivity index (χ1) is 21.0. The summed E-state index contributed by atoms with van der Waals surface area (Å²) in [6.07, 6.45) is 3.73. The SMILES string of the molecule is NC[C@H]1CC[C@H](C(=O)N[C@@H](Cc2ccc(-c3cccc4[nH]nc(N)c34)cc2)C(=O)Nc2ccc(-c3nn[nH]n3)cc2)CC1.